The third-order valence-electron chi connectivity index (χ3n) is 5.55. The number of likely N-dealkylation sites (tertiary alicyclic amines) is 1. The number of hydrogen-bond donors (Lipinski definition) is 1. The van der Waals surface area contributed by atoms with E-state index in [9.17, 15) is 4.79 Å². The van der Waals surface area contributed by atoms with Crippen molar-refractivity contribution in [3.8, 4) is 0 Å². The number of H-pyrrole nitrogens is 1. The molecule has 1 aliphatic heterocycles. The van der Waals surface area contributed by atoms with Gasteiger partial charge in [0.15, 0.2) is 17.4 Å². The van der Waals surface area contributed by atoms with Crippen molar-refractivity contribution in [3.63, 3.8) is 0 Å². The van der Waals surface area contributed by atoms with Crippen molar-refractivity contribution in [3.05, 3.63) is 35.3 Å². The molecule has 1 saturated carbocycles. The highest BCUT2D eigenvalue weighted by Gasteiger charge is 2.46. The van der Waals surface area contributed by atoms with Crippen LogP contribution >= 0.6 is 0 Å². The molecule has 3 heterocycles. The summed E-state index contributed by atoms with van der Waals surface area (Å²) >= 11 is 0. The Bertz CT molecular complexity index is 777. The molecule has 2 aromatic rings. The van der Waals surface area contributed by atoms with Crippen molar-refractivity contribution in [2.75, 3.05) is 20.2 Å². The number of furan rings is 1. The Balaban J connectivity index is 1.55. The highest BCUT2D eigenvalue weighted by molar-refractivity contribution is 5.93. The second-order valence-electron chi connectivity index (χ2n) is 7.75. The molecule has 7 heteroatoms. The van der Waals surface area contributed by atoms with Gasteiger partial charge >= 0.3 is 0 Å². The fraction of sp³-hybridized carbons (Fsp3) is 0.632. The molecule has 1 N–H and O–H groups in total. The number of aromatic amines is 1. The number of aromatic nitrogens is 3. The molecule has 0 spiro atoms. The average molecular weight is 358 g/mol. The Hall–Kier alpha value is -2.15. The fourth-order valence-electron chi connectivity index (χ4n) is 4.04. The van der Waals surface area contributed by atoms with Crippen LogP contribution in [-0.4, -0.2) is 46.2 Å². The zero-order chi connectivity index (χ0) is 18.3. The summed E-state index contributed by atoms with van der Waals surface area (Å²) in [6, 6.07) is 1.90. The van der Waals surface area contributed by atoms with Crippen LogP contribution in [0.15, 0.2) is 16.7 Å². The molecule has 140 valence electrons. The molecule has 26 heavy (non-hydrogen) atoms. The number of nitrogens with one attached hydrogen (secondary N) is 1. The summed E-state index contributed by atoms with van der Waals surface area (Å²) in [5.74, 6) is 3.51. The van der Waals surface area contributed by atoms with Crippen LogP contribution in [0.5, 0.6) is 0 Å². The number of carbonyl (C=O) groups is 1. The van der Waals surface area contributed by atoms with Crippen LogP contribution in [0, 0.1) is 11.8 Å². The molecule has 2 fully saturated rings. The van der Waals surface area contributed by atoms with Crippen molar-refractivity contribution in [2.45, 2.75) is 45.1 Å². The number of nitrogens with zero attached hydrogens (tertiary/aromatic N) is 3. The first-order valence-electron chi connectivity index (χ1n) is 9.35. The highest BCUT2D eigenvalue weighted by Crippen LogP contribution is 2.47. The monoisotopic (exact) mass is 358 g/mol. The Kier molecular flexibility index (Phi) is 4.56. The van der Waals surface area contributed by atoms with E-state index in [-0.39, 0.29) is 17.7 Å². The van der Waals surface area contributed by atoms with Crippen molar-refractivity contribution < 1.29 is 13.9 Å². The largest absolute Gasteiger partial charge is 0.459 e. The van der Waals surface area contributed by atoms with Crippen molar-refractivity contribution in [1.82, 2.24) is 20.1 Å². The summed E-state index contributed by atoms with van der Waals surface area (Å²) in [6.07, 6.45) is 4.08. The van der Waals surface area contributed by atoms with Gasteiger partial charge < -0.3 is 14.1 Å². The van der Waals surface area contributed by atoms with Gasteiger partial charge in [-0.3, -0.25) is 9.89 Å². The van der Waals surface area contributed by atoms with Gasteiger partial charge in [-0.05, 0) is 36.7 Å². The van der Waals surface area contributed by atoms with Gasteiger partial charge in [-0.2, -0.15) is 5.10 Å². The lowest BCUT2D eigenvalue weighted by atomic mass is 9.91. The second kappa shape index (κ2) is 6.87. The van der Waals surface area contributed by atoms with Crippen molar-refractivity contribution in [2.24, 2.45) is 11.8 Å². The van der Waals surface area contributed by atoms with Gasteiger partial charge in [0.2, 0.25) is 0 Å². The topological polar surface area (TPSA) is 84.2 Å². The molecular weight excluding hydrogens is 332 g/mol. The highest BCUT2D eigenvalue weighted by atomic mass is 16.5. The smallest absolute Gasteiger partial charge is 0.289 e. The molecule has 1 amide bonds. The van der Waals surface area contributed by atoms with E-state index in [0.29, 0.717) is 30.7 Å². The lowest BCUT2D eigenvalue weighted by molar-refractivity contribution is 0.0751. The third kappa shape index (κ3) is 3.16. The van der Waals surface area contributed by atoms with Gasteiger partial charge in [-0.15, -0.1) is 0 Å². The zero-order valence-corrected chi connectivity index (χ0v) is 15.6. The van der Waals surface area contributed by atoms with Crippen LogP contribution in [0.1, 0.15) is 66.3 Å². The van der Waals surface area contributed by atoms with E-state index in [2.05, 4.69) is 29.0 Å². The summed E-state index contributed by atoms with van der Waals surface area (Å²) in [4.78, 5) is 19.6. The molecule has 2 aromatic heterocycles. The third-order valence-corrected chi connectivity index (χ3v) is 5.55. The van der Waals surface area contributed by atoms with E-state index < -0.39 is 0 Å². The van der Waals surface area contributed by atoms with E-state index in [0.717, 1.165) is 23.8 Å². The normalized spacial score (nSPS) is 23.2. The molecule has 4 rings (SSSR count). The van der Waals surface area contributed by atoms with E-state index in [1.54, 1.807) is 13.4 Å². The summed E-state index contributed by atoms with van der Waals surface area (Å²) in [6.45, 7) is 5.96. The van der Waals surface area contributed by atoms with Gasteiger partial charge in [-0.1, -0.05) is 13.8 Å². The Morgan fingerprint density at radius 1 is 1.42 bits per heavy atom. The molecular formula is C19H26N4O3. The van der Waals surface area contributed by atoms with Gasteiger partial charge in [0.05, 0.1) is 6.26 Å². The molecule has 1 saturated heterocycles. The summed E-state index contributed by atoms with van der Waals surface area (Å²) in [5.41, 5.74) is 0.974. The molecule has 0 aromatic carbocycles. The minimum Gasteiger partial charge on any atom is -0.459 e. The van der Waals surface area contributed by atoms with E-state index in [1.807, 2.05) is 11.0 Å². The maximum atomic E-state index is 13.1. The maximum absolute atomic E-state index is 13.1. The Labute approximate surface area is 153 Å². The first kappa shape index (κ1) is 17.3. The van der Waals surface area contributed by atoms with Crippen LogP contribution in [0.25, 0.3) is 0 Å². The van der Waals surface area contributed by atoms with Gasteiger partial charge in [-0.25, -0.2) is 4.98 Å². The first-order valence-corrected chi connectivity index (χ1v) is 9.35. The molecule has 7 nitrogen and oxygen atoms in total. The van der Waals surface area contributed by atoms with Gasteiger partial charge in [0.1, 0.15) is 6.61 Å². The van der Waals surface area contributed by atoms with Gasteiger partial charge in [0.25, 0.3) is 5.91 Å². The molecule has 0 bridgehead atoms. The zero-order valence-electron chi connectivity index (χ0n) is 15.6. The molecule has 2 aliphatic rings. The van der Waals surface area contributed by atoms with Crippen molar-refractivity contribution >= 4 is 5.91 Å². The molecule has 0 unspecified atom stereocenters. The molecule has 2 atom stereocenters. The van der Waals surface area contributed by atoms with Crippen LogP contribution in [0.2, 0.25) is 0 Å². The van der Waals surface area contributed by atoms with Gasteiger partial charge in [0, 0.05) is 31.7 Å². The fourth-order valence-corrected chi connectivity index (χ4v) is 4.04. The number of carbonyl (C=O) groups excluding carboxylic acids is 1. The Morgan fingerprint density at radius 3 is 2.92 bits per heavy atom. The summed E-state index contributed by atoms with van der Waals surface area (Å²) in [7, 11) is 1.64. The van der Waals surface area contributed by atoms with Crippen LogP contribution in [-0.2, 0) is 11.3 Å². The lowest BCUT2D eigenvalue weighted by Crippen LogP contribution is -2.29. The first-order chi connectivity index (χ1) is 12.6. The minimum atomic E-state index is -0.0144. The van der Waals surface area contributed by atoms with E-state index >= 15 is 0 Å². The number of amides is 1. The average Bonchev–Trinajstić information content (AvgIpc) is 3.06. The molecule has 1 aliphatic carbocycles. The van der Waals surface area contributed by atoms with Crippen LogP contribution in [0.4, 0.5) is 0 Å². The Morgan fingerprint density at radius 2 is 2.23 bits per heavy atom. The quantitative estimate of drug-likeness (QED) is 0.858. The van der Waals surface area contributed by atoms with E-state index in [1.165, 1.54) is 12.8 Å². The summed E-state index contributed by atoms with van der Waals surface area (Å²) in [5, 5.41) is 7.35. The number of hydrogen-bond acceptors (Lipinski definition) is 5. The number of rotatable bonds is 6. The maximum Gasteiger partial charge on any atom is 0.289 e. The predicted octanol–water partition coefficient (Wildman–Crippen LogP) is 2.93. The van der Waals surface area contributed by atoms with Crippen LogP contribution in [0.3, 0.4) is 0 Å². The molecule has 0 radical (unpaired) electrons. The number of ether oxygens (including phenoxy) is 1. The standard InChI is InChI=1S/C19H26N4O3/c1-11(2)13-6-7-26-17(13)19(24)23-8-14(12-4-5-12)15(9-23)18-20-16(10-25-3)21-22-18/h6-7,11-12,14-15H,4-5,8-10H2,1-3H3,(H,20,21,22)/t14-,15+/m1/s1. The second-order valence-corrected chi connectivity index (χ2v) is 7.75. The SMILES string of the molecule is COCc1nc([C@H]2CN(C(=O)c3occc3C(C)C)C[C@@H]2C2CC2)n[nH]1. The summed E-state index contributed by atoms with van der Waals surface area (Å²) < 4.78 is 10.7. The van der Waals surface area contributed by atoms with Crippen molar-refractivity contribution in [1.29, 1.82) is 0 Å². The van der Waals surface area contributed by atoms with Crippen LogP contribution < -0.4 is 0 Å². The lowest BCUT2D eigenvalue weighted by Gasteiger charge is -2.16. The number of methoxy groups -OCH3 is 1. The minimum absolute atomic E-state index is 0.0144. The van der Waals surface area contributed by atoms with E-state index in [4.69, 9.17) is 9.15 Å². The predicted molar refractivity (Wildman–Crippen MR) is 94.8 cm³/mol.